The molecular formula is C10H18N2OS. The number of nitrogens with zero attached hydrogens (tertiary/aromatic N) is 1. The van der Waals surface area contributed by atoms with E-state index in [2.05, 4.69) is 17.2 Å². The maximum absolute atomic E-state index is 5.42. The van der Waals surface area contributed by atoms with Crippen molar-refractivity contribution in [2.24, 2.45) is 4.99 Å². The van der Waals surface area contributed by atoms with Crippen LogP contribution in [-0.4, -0.2) is 36.2 Å². The normalized spacial score (nSPS) is 32.8. The van der Waals surface area contributed by atoms with Gasteiger partial charge in [-0.25, -0.2) is 0 Å². The van der Waals surface area contributed by atoms with Crippen LogP contribution in [0.15, 0.2) is 4.99 Å². The maximum Gasteiger partial charge on any atom is 0.157 e. The summed E-state index contributed by atoms with van der Waals surface area (Å²) in [5.74, 6) is 0. The molecule has 80 valence electrons. The number of amidine groups is 1. The van der Waals surface area contributed by atoms with Gasteiger partial charge in [0.15, 0.2) is 5.17 Å². The highest BCUT2D eigenvalue weighted by Gasteiger charge is 2.21. The van der Waals surface area contributed by atoms with Crippen molar-refractivity contribution in [2.75, 3.05) is 19.8 Å². The Hall–Kier alpha value is -0.220. The minimum absolute atomic E-state index is 0.491. The summed E-state index contributed by atoms with van der Waals surface area (Å²) in [7, 11) is 0. The number of thioether (sulfide) groups is 1. The second-order valence-electron chi connectivity index (χ2n) is 3.85. The Morgan fingerprint density at radius 2 is 2.57 bits per heavy atom. The first kappa shape index (κ1) is 10.3. The lowest BCUT2D eigenvalue weighted by Crippen LogP contribution is -2.39. The van der Waals surface area contributed by atoms with E-state index in [1.54, 1.807) is 0 Å². The Bertz CT molecular complexity index is 214. The molecule has 2 unspecified atom stereocenters. The van der Waals surface area contributed by atoms with Crippen LogP contribution in [0.1, 0.15) is 26.2 Å². The van der Waals surface area contributed by atoms with Crippen LogP contribution in [0.3, 0.4) is 0 Å². The van der Waals surface area contributed by atoms with Crippen LogP contribution in [0.4, 0.5) is 0 Å². The van der Waals surface area contributed by atoms with Gasteiger partial charge in [-0.3, -0.25) is 4.99 Å². The third-order valence-corrected chi connectivity index (χ3v) is 3.95. The van der Waals surface area contributed by atoms with Crippen molar-refractivity contribution in [3.8, 4) is 0 Å². The number of nitrogens with one attached hydrogen (secondary N) is 1. The van der Waals surface area contributed by atoms with E-state index < -0.39 is 0 Å². The van der Waals surface area contributed by atoms with Crippen molar-refractivity contribution < 1.29 is 4.74 Å². The van der Waals surface area contributed by atoms with Gasteiger partial charge in [0.05, 0.1) is 19.2 Å². The second-order valence-corrected chi connectivity index (χ2v) is 5.14. The predicted octanol–water partition coefficient (Wildman–Crippen LogP) is 1.64. The molecular weight excluding hydrogens is 196 g/mol. The van der Waals surface area contributed by atoms with Gasteiger partial charge in [-0.05, 0) is 19.3 Å². The minimum atomic E-state index is 0.491. The SMILES string of the molecule is CCC1CN=C(NC2CCCOC2)S1. The molecule has 0 aromatic heterocycles. The van der Waals surface area contributed by atoms with Crippen LogP contribution in [0, 0.1) is 0 Å². The molecule has 1 N–H and O–H groups in total. The smallest absolute Gasteiger partial charge is 0.157 e. The van der Waals surface area contributed by atoms with E-state index in [1.165, 1.54) is 19.3 Å². The fourth-order valence-corrected chi connectivity index (χ4v) is 2.75. The largest absolute Gasteiger partial charge is 0.379 e. The average molecular weight is 214 g/mol. The predicted molar refractivity (Wildman–Crippen MR) is 60.9 cm³/mol. The van der Waals surface area contributed by atoms with Gasteiger partial charge in [-0.2, -0.15) is 0 Å². The van der Waals surface area contributed by atoms with Gasteiger partial charge in [-0.1, -0.05) is 18.7 Å². The molecule has 1 fully saturated rings. The Labute approximate surface area is 89.7 Å². The standard InChI is InChI=1S/C10H18N2OS/c1-2-9-6-11-10(14-9)12-8-4-3-5-13-7-8/h8-9H,2-7H2,1H3,(H,11,12). The van der Waals surface area contributed by atoms with Crippen LogP contribution < -0.4 is 5.32 Å². The van der Waals surface area contributed by atoms with E-state index in [1.807, 2.05) is 11.8 Å². The number of aliphatic imine (C=N–C) groups is 1. The van der Waals surface area contributed by atoms with Crippen LogP contribution >= 0.6 is 11.8 Å². The third-order valence-electron chi connectivity index (χ3n) is 2.66. The van der Waals surface area contributed by atoms with Crippen molar-refractivity contribution in [2.45, 2.75) is 37.5 Å². The molecule has 0 radical (unpaired) electrons. The highest BCUT2D eigenvalue weighted by atomic mass is 32.2. The maximum atomic E-state index is 5.42. The first-order chi connectivity index (χ1) is 6.88. The van der Waals surface area contributed by atoms with Gasteiger partial charge in [0.25, 0.3) is 0 Å². The molecule has 0 aromatic carbocycles. The minimum Gasteiger partial charge on any atom is -0.379 e. The van der Waals surface area contributed by atoms with Crippen LogP contribution in [0.25, 0.3) is 0 Å². The summed E-state index contributed by atoms with van der Waals surface area (Å²) >= 11 is 1.89. The number of hydrogen-bond donors (Lipinski definition) is 1. The zero-order chi connectivity index (χ0) is 9.80. The molecule has 3 nitrogen and oxygen atoms in total. The summed E-state index contributed by atoms with van der Waals surface area (Å²) in [5, 5.41) is 5.30. The molecule has 0 aromatic rings. The molecule has 1 saturated heterocycles. The van der Waals surface area contributed by atoms with E-state index in [0.717, 1.165) is 24.9 Å². The Morgan fingerprint density at radius 3 is 3.21 bits per heavy atom. The fraction of sp³-hybridized carbons (Fsp3) is 0.900. The van der Waals surface area contributed by atoms with Crippen molar-refractivity contribution in [1.29, 1.82) is 0 Å². The van der Waals surface area contributed by atoms with Gasteiger partial charge >= 0.3 is 0 Å². The van der Waals surface area contributed by atoms with Crippen LogP contribution in [-0.2, 0) is 4.74 Å². The molecule has 2 heterocycles. The highest BCUT2D eigenvalue weighted by molar-refractivity contribution is 8.14. The molecule has 2 aliphatic rings. The Balaban J connectivity index is 1.75. The quantitative estimate of drug-likeness (QED) is 0.758. The molecule has 2 rings (SSSR count). The molecule has 4 heteroatoms. The summed E-state index contributed by atoms with van der Waals surface area (Å²) in [6.07, 6.45) is 3.60. The lowest BCUT2D eigenvalue weighted by atomic mass is 10.1. The van der Waals surface area contributed by atoms with Gasteiger partial charge < -0.3 is 10.1 Å². The molecule has 0 aliphatic carbocycles. The van der Waals surface area contributed by atoms with E-state index in [9.17, 15) is 0 Å². The van der Waals surface area contributed by atoms with Crippen LogP contribution in [0.2, 0.25) is 0 Å². The zero-order valence-electron chi connectivity index (χ0n) is 8.66. The topological polar surface area (TPSA) is 33.6 Å². The van der Waals surface area contributed by atoms with Gasteiger partial charge in [0.1, 0.15) is 0 Å². The van der Waals surface area contributed by atoms with Gasteiger partial charge in [0, 0.05) is 11.9 Å². The zero-order valence-corrected chi connectivity index (χ0v) is 9.48. The fourth-order valence-electron chi connectivity index (χ4n) is 1.74. The van der Waals surface area contributed by atoms with Gasteiger partial charge in [-0.15, -0.1) is 0 Å². The van der Waals surface area contributed by atoms with Crippen LogP contribution in [0.5, 0.6) is 0 Å². The van der Waals surface area contributed by atoms with E-state index in [4.69, 9.17) is 4.74 Å². The summed E-state index contributed by atoms with van der Waals surface area (Å²) in [5.41, 5.74) is 0. The molecule has 14 heavy (non-hydrogen) atoms. The van der Waals surface area contributed by atoms with Crippen molar-refractivity contribution in [1.82, 2.24) is 5.32 Å². The number of hydrogen-bond acceptors (Lipinski definition) is 4. The molecule has 0 bridgehead atoms. The molecule has 0 spiro atoms. The van der Waals surface area contributed by atoms with Crippen molar-refractivity contribution in [3.05, 3.63) is 0 Å². The Morgan fingerprint density at radius 1 is 1.64 bits per heavy atom. The van der Waals surface area contributed by atoms with Gasteiger partial charge in [0.2, 0.25) is 0 Å². The average Bonchev–Trinajstić information content (AvgIpc) is 2.67. The molecule has 0 saturated carbocycles. The van der Waals surface area contributed by atoms with E-state index in [-0.39, 0.29) is 0 Å². The molecule has 2 atom stereocenters. The first-order valence-electron chi connectivity index (χ1n) is 5.44. The first-order valence-corrected chi connectivity index (χ1v) is 6.32. The van der Waals surface area contributed by atoms with E-state index in [0.29, 0.717) is 11.3 Å². The van der Waals surface area contributed by atoms with E-state index >= 15 is 0 Å². The molecule has 2 aliphatic heterocycles. The Kier molecular flexibility index (Phi) is 3.70. The summed E-state index contributed by atoms with van der Waals surface area (Å²) in [4.78, 5) is 4.50. The lowest BCUT2D eigenvalue weighted by molar-refractivity contribution is 0.0767. The number of rotatable bonds is 2. The molecule has 0 amide bonds. The summed E-state index contributed by atoms with van der Waals surface area (Å²) in [6.45, 7) is 4.97. The summed E-state index contributed by atoms with van der Waals surface area (Å²) in [6, 6.07) is 0.491. The monoisotopic (exact) mass is 214 g/mol. The number of ether oxygens (including phenoxy) is 1. The summed E-state index contributed by atoms with van der Waals surface area (Å²) < 4.78 is 5.42. The van der Waals surface area contributed by atoms with Crippen molar-refractivity contribution in [3.63, 3.8) is 0 Å². The second kappa shape index (κ2) is 5.03. The van der Waals surface area contributed by atoms with Crippen molar-refractivity contribution >= 4 is 16.9 Å². The lowest BCUT2D eigenvalue weighted by Gasteiger charge is -2.23. The highest BCUT2D eigenvalue weighted by Crippen LogP contribution is 2.22. The third kappa shape index (κ3) is 2.64.